The Morgan fingerprint density at radius 1 is 1.13 bits per heavy atom. The molecule has 0 spiro atoms. The maximum absolute atomic E-state index is 14.5. The first-order chi connectivity index (χ1) is 14.4. The highest BCUT2D eigenvalue weighted by Crippen LogP contribution is 2.38. The number of carbonyl (C=O) groups is 1. The molecule has 0 bridgehead atoms. The van der Waals surface area contributed by atoms with E-state index in [1.807, 2.05) is 23.9 Å². The van der Waals surface area contributed by atoms with Crippen molar-refractivity contribution in [3.05, 3.63) is 46.8 Å². The highest BCUT2D eigenvalue weighted by atomic mass is 79.9. The third kappa shape index (κ3) is 4.38. The molecule has 0 amide bonds. The highest BCUT2D eigenvalue weighted by Gasteiger charge is 2.38. The van der Waals surface area contributed by atoms with Gasteiger partial charge < -0.3 is 21.1 Å². The lowest BCUT2D eigenvalue weighted by Crippen LogP contribution is -2.21. The van der Waals surface area contributed by atoms with E-state index >= 15 is 0 Å². The van der Waals surface area contributed by atoms with E-state index in [1.165, 1.54) is 6.07 Å². The van der Waals surface area contributed by atoms with Crippen LogP contribution in [-0.2, 0) is 11.8 Å². The monoisotopic (exact) mass is 499 g/mol. The first-order valence-electron chi connectivity index (χ1n) is 8.46. The molecule has 7 nitrogen and oxygen atoms in total. The molecule has 4 aromatic rings. The van der Waals surface area contributed by atoms with Gasteiger partial charge in [-0.15, -0.1) is 0 Å². The summed E-state index contributed by atoms with van der Waals surface area (Å²) < 4.78 is 48.9. The topological polar surface area (TPSA) is 120 Å². The Morgan fingerprint density at radius 2 is 1.77 bits per heavy atom. The normalized spacial score (nSPS) is 11.4. The molecular weight excluding hydrogens is 486 g/mol. The lowest BCUT2D eigenvalue weighted by atomic mass is 9.99. The number of nitrogens with zero attached hydrogens (tertiary/aromatic N) is 3. The number of carboxylic acids is 1. The largest absolute Gasteiger partial charge is 0.490 e. The maximum atomic E-state index is 14.5. The molecule has 0 atom stereocenters. The van der Waals surface area contributed by atoms with Crippen LogP contribution in [0.2, 0.25) is 0 Å². The number of fused-ring (bicyclic) bond motifs is 3. The lowest BCUT2D eigenvalue weighted by Gasteiger charge is -2.12. The Hall–Kier alpha value is -3.41. The summed E-state index contributed by atoms with van der Waals surface area (Å²) in [6.07, 6.45) is -3.18. The number of aliphatic carboxylic acids is 1. The van der Waals surface area contributed by atoms with Crippen LogP contribution in [0.15, 0.2) is 41.0 Å². The number of alkyl halides is 3. The number of hydrogen-bond donors (Lipinski definition) is 3. The summed E-state index contributed by atoms with van der Waals surface area (Å²) in [5.41, 5.74) is 14.5. The minimum atomic E-state index is -5.08. The van der Waals surface area contributed by atoms with Crippen LogP contribution in [-0.4, -0.2) is 31.8 Å². The Labute approximate surface area is 180 Å². The van der Waals surface area contributed by atoms with Gasteiger partial charge in [0.25, 0.3) is 0 Å². The van der Waals surface area contributed by atoms with Crippen LogP contribution < -0.4 is 11.5 Å². The molecule has 2 aromatic carbocycles. The van der Waals surface area contributed by atoms with Crippen molar-refractivity contribution in [1.82, 2.24) is 14.5 Å². The summed E-state index contributed by atoms with van der Waals surface area (Å²) in [5, 5.41) is 8.71. The van der Waals surface area contributed by atoms with Gasteiger partial charge in [0.2, 0.25) is 5.95 Å². The SMILES string of the molecule is Cn1ccc2c3c(N)nc(N)nc3cc(-c3ccc(Br)cc3F)c21.O=C(O)C(F)(F)F. The fourth-order valence-corrected chi connectivity index (χ4v) is 3.41. The van der Waals surface area contributed by atoms with E-state index in [0.717, 1.165) is 21.9 Å². The van der Waals surface area contributed by atoms with E-state index in [9.17, 15) is 17.6 Å². The first kappa shape index (κ1) is 22.3. The number of nitrogen functional groups attached to an aromatic ring is 2. The van der Waals surface area contributed by atoms with Gasteiger partial charge in [-0.2, -0.15) is 18.2 Å². The van der Waals surface area contributed by atoms with Gasteiger partial charge in [-0.3, -0.25) is 0 Å². The van der Waals surface area contributed by atoms with E-state index in [-0.39, 0.29) is 11.8 Å². The van der Waals surface area contributed by atoms with Gasteiger partial charge in [-0.1, -0.05) is 22.0 Å². The fourth-order valence-electron chi connectivity index (χ4n) is 3.08. The zero-order valence-corrected chi connectivity index (χ0v) is 17.3. The maximum Gasteiger partial charge on any atom is 0.490 e. The standard InChI is InChI=1S/C17H13BrFN5.C2HF3O2/c1-24-5-4-10-14-13(22-17(21)23-16(14)20)7-11(15(10)24)9-3-2-8(18)6-12(9)19;3-2(4,5)1(6)7/h2-7H,1H3,(H4,20,21,22,23);(H,6,7). The molecule has 5 N–H and O–H groups in total. The second-order valence-electron chi connectivity index (χ2n) is 6.40. The molecule has 162 valence electrons. The summed E-state index contributed by atoms with van der Waals surface area (Å²) in [6, 6.07) is 8.71. The molecule has 2 aromatic heterocycles. The Morgan fingerprint density at radius 3 is 2.35 bits per heavy atom. The molecule has 31 heavy (non-hydrogen) atoms. The summed E-state index contributed by atoms with van der Waals surface area (Å²) in [7, 11) is 1.91. The van der Waals surface area contributed by atoms with E-state index in [0.29, 0.717) is 21.4 Å². The summed E-state index contributed by atoms with van der Waals surface area (Å²) in [6.45, 7) is 0. The molecule has 4 rings (SSSR count). The average molecular weight is 500 g/mol. The van der Waals surface area contributed by atoms with Crippen LogP contribution >= 0.6 is 15.9 Å². The van der Waals surface area contributed by atoms with Crippen molar-refractivity contribution in [3.8, 4) is 11.1 Å². The predicted molar refractivity (Wildman–Crippen MR) is 112 cm³/mol. The van der Waals surface area contributed by atoms with Crippen molar-refractivity contribution in [3.63, 3.8) is 0 Å². The predicted octanol–water partition coefficient (Wildman–Crippen LogP) is 4.49. The number of carboxylic acid groups (broad SMARTS) is 1. The third-order valence-electron chi connectivity index (χ3n) is 4.32. The van der Waals surface area contributed by atoms with E-state index in [1.54, 1.807) is 18.2 Å². The van der Waals surface area contributed by atoms with Crippen LogP contribution in [0.3, 0.4) is 0 Å². The van der Waals surface area contributed by atoms with Crippen molar-refractivity contribution in [2.75, 3.05) is 11.5 Å². The van der Waals surface area contributed by atoms with E-state index in [2.05, 4.69) is 25.9 Å². The van der Waals surface area contributed by atoms with Crippen LogP contribution in [0.1, 0.15) is 0 Å². The Bertz CT molecular complexity index is 1320. The molecule has 0 fully saturated rings. The molecule has 0 aliphatic rings. The van der Waals surface area contributed by atoms with Gasteiger partial charge in [0.15, 0.2) is 0 Å². The molecule has 0 aliphatic heterocycles. The second-order valence-corrected chi connectivity index (χ2v) is 7.32. The Balaban J connectivity index is 0.000000339. The van der Waals surface area contributed by atoms with Gasteiger partial charge in [0, 0.05) is 34.2 Å². The zero-order valence-electron chi connectivity index (χ0n) is 15.7. The molecule has 0 saturated heterocycles. The number of benzene rings is 2. The van der Waals surface area contributed by atoms with Crippen molar-refractivity contribution in [2.45, 2.75) is 6.18 Å². The quantitative estimate of drug-likeness (QED) is 0.332. The number of nitrogens with two attached hydrogens (primary N) is 2. The van der Waals surface area contributed by atoms with E-state index < -0.39 is 12.1 Å². The van der Waals surface area contributed by atoms with Gasteiger partial charge in [0.05, 0.1) is 16.4 Å². The van der Waals surface area contributed by atoms with Crippen LogP contribution in [0, 0.1) is 5.82 Å². The molecule has 0 saturated carbocycles. The van der Waals surface area contributed by atoms with Crippen molar-refractivity contribution >= 4 is 55.5 Å². The minimum Gasteiger partial charge on any atom is -0.475 e. The average Bonchev–Trinajstić information content (AvgIpc) is 3.02. The molecule has 12 heteroatoms. The van der Waals surface area contributed by atoms with E-state index in [4.69, 9.17) is 21.4 Å². The Kier molecular flexibility index (Phi) is 5.77. The van der Waals surface area contributed by atoms with Crippen molar-refractivity contribution in [1.29, 1.82) is 0 Å². The van der Waals surface area contributed by atoms with Crippen molar-refractivity contribution in [2.24, 2.45) is 7.05 Å². The highest BCUT2D eigenvalue weighted by molar-refractivity contribution is 9.10. The first-order valence-corrected chi connectivity index (χ1v) is 9.25. The number of aromatic nitrogens is 3. The summed E-state index contributed by atoms with van der Waals surface area (Å²) in [5.74, 6) is -2.66. The molecule has 0 radical (unpaired) electrons. The number of aryl methyl sites for hydroxylation is 1. The van der Waals surface area contributed by atoms with Crippen LogP contribution in [0.5, 0.6) is 0 Å². The minimum absolute atomic E-state index is 0.0949. The summed E-state index contributed by atoms with van der Waals surface area (Å²) in [4.78, 5) is 17.2. The molecular formula is C19H14BrF4N5O2. The number of anilines is 2. The van der Waals surface area contributed by atoms with Gasteiger partial charge in [0.1, 0.15) is 11.6 Å². The van der Waals surface area contributed by atoms with Gasteiger partial charge in [-0.25, -0.2) is 14.2 Å². The van der Waals surface area contributed by atoms with Gasteiger partial charge in [-0.05, 0) is 24.3 Å². The lowest BCUT2D eigenvalue weighted by molar-refractivity contribution is -0.192. The van der Waals surface area contributed by atoms with Crippen molar-refractivity contribution < 1.29 is 27.5 Å². The third-order valence-corrected chi connectivity index (χ3v) is 4.82. The number of hydrogen-bond acceptors (Lipinski definition) is 5. The van der Waals surface area contributed by atoms with Gasteiger partial charge >= 0.3 is 12.1 Å². The number of halogens is 5. The zero-order chi connectivity index (χ0) is 23.1. The second kappa shape index (κ2) is 8.02. The fraction of sp³-hybridized carbons (Fsp3) is 0.105. The van der Waals surface area contributed by atoms with Crippen LogP contribution in [0.25, 0.3) is 32.9 Å². The molecule has 0 aliphatic carbocycles. The van der Waals surface area contributed by atoms with Crippen LogP contribution in [0.4, 0.5) is 29.3 Å². The summed E-state index contributed by atoms with van der Waals surface area (Å²) >= 11 is 3.29. The molecule has 0 unspecified atom stereocenters. The smallest absolute Gasteiger partial charge is 0.475 e. The number of rotatable bonds is 1. The molecule has 2 heterocycles.